The molecule has 0 fully saturated rings. The molecule has 0 atom stereocenters. The second-order valence-corrected chi connectivity index (χ2v) is 2.28. The first-order valence-corrected chi connectivity index (χ1v) is 3.15. The van der Waals surface area contributed by atoms with Gasteiger partial charge in [-0.15, -0.1) is 24.8 Å². The summed E-state index contributed by atoms with van der Waals surface area (Å²) in [6.07, 6.45) is 0. The molecule has 0 aromatic carbocycles. The highest BCUT2D eigenvalue weighted by Crippen LogP contribution is 1.98. The first-order valence-electron chi connectivity index (χ1n) is 3.15. The molecule has 0 unspecified atom stereocenters. The lowest BCUT2D eigenvalue weighted by atomic mass is 10.3. The fourth-order valence-corrected chi connectivity index (χ4v) is 0.822. The van der Waals surface area contributed by atoms with E-state index >= 15 is 0 Å². The van der Waals surface area contributed by atoms with E-state index < -0.39 is 5.97 Å². The zero-order valence-electron chi connectivity index (χ0n) is 7.14. The zero-order chi connectivity index (χ0) is 8.43. The molecule has 1 N–H and O–H groups in total. The highest BCUT2D eigenvalue weighted by atomic mass is 35.5. The molecule has 0 amide bonds. The van der Waals surface area contributed by atoms with Gasteiger partial charge in [0, 0.05) is 11.4 Å². The van der Waals surface area contributed by atoms with Crippen LogP contribution in [0.1, 0.15) is 22.0 Å². The minimum Gasteiger partial charge on any atom is -0.475 e. The number of aromatic carboxylic acids is 1. The van der Waals surface area contributed by atoms with Gasteiger partial charge in [-0.1, -0.05) is 0 Å². The van der Waals surface area contributed by atoms with Crippen molar-refractivity contribution >= 4 is 30.8 Å². The molecule has 1 rings (SSSR count). The first-order chi connectivity index (χ1) is 5.09. The summed E-state index contributed by atoms with van der Waals surface area (Å²) in [4.78, 5) is 17.8. The standard InChI is InChI=1S/C7H8N2O2.2ClH/c1-4-3-5(2)9-6(8-4)7(10)11;;/h3H,1-2H3,(H,10,11);2*1H. The van der Waals surface area contributed by atoms with Crippen molar-refractivity contribution in [2.75, 3.05) is 0 Å². The van der Waals surface area contributed by atoms with Crippen molar-refractivity contribution in [2.45, 2.75) is 13.8 Å². The quantitative estimate of drug-likeness (QED) is 0.788. The Morgan fingerprint density at radius 2 is 1.62 bits per heavy atom. The van der Waals surface area contributed by atoms with Crippen LogP contribution in [-0.2, 0) is 0 Å². The number of rotatable bonds is 1. The first kappa shape index (κ1) is 14.6. The lowest BCUT2D eigenvalue weighted by Crippen LogP contribution is -2.05. The molecule has 0 spiro atoms. The number of nitrogens with zero attached hydrogens (tertiary/aromatic N) is 2. The maximum absolute atomic E-state index is 10.4. The van der Waals surface area contributed by atoms with Crippen LogP contribution in [0.15, 0.2) is 6.07 Å². The number of aromatic nitrogens is 2. The maximum atomic E-state index is 10.4. The maximum Gasteiger partial charge on any atom is 0.373 e. The molecule has 0 saturated carbocycles. The summed E-state index contributed by atoms with van der Waals surface area (Å²) in [6.45, 7) is 3.47. The monoisotopic (exact) mass is 224 g/mol. The second kappa shape index (κ2) is 5.72. The van der Waals surface area contributed by atoms with Crippen LogP contribution in [-0.4, -0.2) is 21.0 Å². The molecule has 74 valence electrons. The Balaban J connectivity index is 0. The second-order valence-electron chi connectivity index (χ2n) is 2.28. The van der Waals surface area contributed by atoms with Crippen molar-refractivity contribution < 1.29 is 9.90 Å². The van der Waals surface area contributed by atoms with Crippen molar-refractivity contribution in [1.82, 2.24) is 9.97 Å². The lowest BCUT2D eigenvalue weighted by Gasteiger charge is -1.96. The Kier molecular flexibility index (Phi) is 6.44. The predicted octanol–water partition coefficient (Wildman–Crippen LogP) is 1.64. The van der Waals surface area contributed by atoms with Crippen LogP contribution in [0.2, 0.25) is 0 Å². The lowest BCUT2D eigenvalue weighted by molar-refractivity contribution is 0.0683. The number of carbonyl (C=O) groups is 1. The molecule has 0 radical (unpaired) electrons. The van der Waals surface area contributed by atoms with E-state index in [1.54, 1.807) is 19.9 Å². The third-order valence-corrected chi connectivity index (χ3v) is 1.17. The highest BCUT2D eigenvalue weighted by Gasteiger charge is 2.06. The molecule has 1 aromatic rings. The molecule has 13 heavy (non-hydrogen) atoms. The van der Waals surface area contributed by atoms with Crippen LogP contribution in [0.4, 0.5) is 0 Å². The van der Waals surface area contributed by atoms with Gasteiger partial charge in [0.25, 0.3) is 0 Å². The number of aryl methyl sites for hydroxylation is 2. The molecular weight excluding hydrogens is 215 g/mol. The Morgan fingerprint density at radius 3 is 1.92 bits per heavy atom. The van der Waals surface area contributed by atoms with Gasteiger partial charge >= 0.3 is 5.97 Å². The van der Waals surface area contributed by atoms with Crippen molar-refractivity contribution in [1.29, 1.82) is 0 Å². The molecular formula is C7H10Cl2N2O2. The molecule has 1 heterocycles. The molecule has 0 saturated heterocycles. The Labute approximate surface area is 88.2 Å². The van der Waals surface area contributed by atoms with E-state index in [0.29, 0.717) is 11.4 Å². The minimum atomic E-state index is -1.09. The average molecular weight is 225 g/mol. The van der Waals surface area contributed by atoms with E-state index in [1.807, 2.05) is 0 Å². The largest absolute Gasteiger partial charge is 0.475 e. The van der Waals surface area contributed by atoms with E-state index in [9.17, 15) is 4.79 Å². The van der Waals surface area contributed by atoms with Gasteiger partial charge in [0.1, 0.15) is 0 Å². The molecule has 0 bridgehead atoms. The molecule has 0 aliphatic heterocycles. The van der Waals surface area contributed by atoms with Gasteiger partial charge in [-0.3, -0.25) is 0 Å². The summed E-state index contributed by atoms with van der Waals surface area (Å²) in [5.41, 5.74) is 1.35. The molecule has 0 aliphatic carbocycles. The van der Waals surface area contributed by atoms with Crippen LogP contribution in [0.5, 0.6) is 0 Å². The number of halogens is 2. The summed E-state index contributed by atoms with van der Waals surface area (Å²) in [5, 5.41) is 8.51. The zero-order valence-corrected chi connectivity index (χ0v) is 8.78. The van der Waals surface area contributed by atoms with Crippen LogP contribution >= 0.6 is 24.8 Å². The van der Waals surface area contributed by atoms with Crippen LogP contribution in [0.3, 0.4) is 0 Å². The van der Waals surface area contributed by atoms with Crippen molar-refractivity contribution in [2.24, 2.45) is 0 Å². The summed E-state index contributed by atoms with van der Waals surface area (Å²) in [6, 6.07) is 1.73. The van der Waals surface area contributed by atoms with Crippen LogP contribution in [0, 0.1) is 13.8 Å². The number of carboxylic acid groups (broad SMARTS) is 1. The van der Waals surface area contributed by atoms with Gasteiger partial charge in [0.15, 0.2) is 0 Å². The van der Waals surface area contributed by atoms with E-state index in [0.717, 1.165) is 0 Å². The fourth-order valence-electron chi connectivity index (χ4n) is 0.822. The van der Waals surface area contributed by atoms with E-state index in [4.69, 9.17) is 5.11 Å². The topological polar surface area (TPSA) is 63.1 Å². The summed E-state index contributed by atoms with van der Waals surface area (Å²) in [5.74, 6) is -1.22. The molecule has 4 nitrogen and oxygen atoms in total. The van der Waals surface area contributed by atoms with Crippen LogP contribution < -0.4 is 0 Å². The van der Waals surface area contributed by atoms with Gasteiger partial charge in [0.2, 0.25) is 5.82 Å². The van der Waals surface area contributed by atoms with E-state index in [2.05, 4.69) is 9.97 Å². The smallest absolute Gasteiger partial charge is 0.373 e. The van der Waals surface area contributed by atoms with Crippen molar-refractivity contribution in [3.8, 4) is 0 Å². The summed E-state index contributed by atoms with van der Waals surface area (Å²) >= 11 is 0. The summed E-state index contributed by atoms with van der Waals surface area (Å²) in [7, 11) is 0. The number of carboxylic acids is 1. The molecule has 1 aromatic heterocycles. The fraction of sp³-hybridized carbons (Fsp3) is 0.286. The van der Waals surface area contributed by atoms with Gasteiger partial charge in [-0.25, -0.2) is 14.8 Å². The Bertz CT molecular complexity index is 284. The Hall–Kier alpha value is -0.870. The van der Waals surface area contributed by atoms with Gasteiger partial charge < -0.3 is 5.11 Å². The third kappa shape index (κ3) is 4.05. The van der Waals surface area contributed by atoms with Crippen molar-refractivity contribution in [3.63, 3.8) is 0 Å². The predicted molar refractivity (Wildman–Crippen MR) is 53.0 cm³/mol. The molecule has 6 heteroatoms. The SMILES string of the molecule is Cc1cc(C)nc(C(=O)O)n1.Cl.Cl. The number of hydrogen-bond donors (Lipinski definition) is 1. The third-order valence-electron chi connectivity index (χ3n) is 1.17. The van der Waals surface area contributed by atoms with Crippen LogP contribution in [0.25, 0.3) is 0 Å². The van der Waals surface area contributed by atoms with Gasteiger partial charge in [0.05, 0.1) is 0 Å². The average Bonchev–Trinajstić information content (AvgIpc) is 1.85. The number of hydrogen-bond acceptors (Lipinski definition) is 3. The summed E-state index contributed by atoms with van der Waals surface area (Å²) < 4.78 is 0. The normalized spacial score (nSPS) is 8.15. The van der Waals surface area contributed by atoms with E-state index in [-0.39, 0.29) is 30.6 Å². The minimum absolute atomic E-state index is 0. The van der Waals surface area contributed by atoms with E-state index in [1.165, 1.54) is 0 Å². The molecule has 0 aliphatic rings. The van der Waals surface area contributed by atoms with Crippen molar-refractivity contribution in [3.05, 3.63) is 23.3 Å². The van der Waals surface area contributed by atoms with Gasteiger partial charge in [-0.05, 0) is 19.9 Å². The Morgan fingerprint density at radius 1 is 1.23 bits per heavy atom. The van der Waals surface area contributed by atoms with Gasteiger partial charge in [-0.2, -0.15) is 0 Å². The highest BCUT2D eigenvalue weighted by molar-refractivity contribution is 5.85.